The van der Waals surface area contributed by atoms with Crippen LogP contribution in [0.25, 0.3) is 10.2 Å². The molecule has 76 valence electrons. The topological polar surface area (TPSA) is 46.0 Å². The molecule has 2 aromatic rings. The molecule has 2 heterocycles. The van der Waals surface area contributed by atoms with E-state index in [2.05, 4.69) is 21.8 Å². The minimum Gasteiger partial charge on any atom is -0.378 e. The summed E-state index contributed by atoms with van der Waals surface area (Å²) in [6.45, 7) is 3.29. The third-order valence-corrected chi connectivity index (χ3v) is 2.57. The summed E-state index contributed by atoms with van der Waals surface area (Å²) < 4.78 is 0. The molecular weight excluding hydrogens is 208 g/mol. The van der Waals surface area contributed by atoms with E-state index in [1.54, 1.807) is 25.2 Å². The molecule has 0 saturated heterocycles. The summed E-state index contributed by atoms with van der Waals surface area (Å²) in [6, 6.07) is 1.94. The highest BCUT2D eigenvalue weighted by Gasteiger charge is 2.07. The summed E-state index contributed by atoms with van der Waals surface area (Å²) in [5.74, 6) is 5.61. The van der Waals surface area contributed by atoms with E-state index in [4.69, 9.17) is 0 Å². The molecule has 4 heteroatoms. The maximum absolute atomic E-state index is 9.49. The van der Waals surface area contributed by atoms with Crippen LogP contribution in [0, 0.1) is 11.8 Å². The second-order valence-electron chi connectivity index (χ2n) is 3.67. The van der Waals surface area contributed by atoms with Gasteiger partial charge in [0.25, 0.3) is 0 Å². The van der Waals surface area contributed by atoms with E-state index in [1.807, 2.05) is 11.4 Å². The van der Waals surface area contributed by atoms with Gasteiger partial charge in [-0.3, -0.25) is 0 Å². The van der Waals surface area contributed by atoms with Gasteiger partial charge >= 0.3 is 0 Å². The molecule has 2 rings (SSSR count). The van der Waals surface area contributed by atoms with E-state index in [0.29, 0.717) is 5.69 Å². The highest BCUT2D eigenvalue weighted by molar-refractivity contribution is 7.16. The Labute approximate surface area is 91.8 Å². The van der Waals surface area contributed by atoms with Crippen LogP contribution in [0.15, 0.2) is 17.8 Å². The van der Waals surface area contributed by atoms with Crippen molar-refractivity contribution >= 4 is 21.6 Å². The number of aromatic nitrogens is 2. The number of rotatable bonds is 0. The fraction of sp³-hybridized carbons (Fsp3) is 0.273. The number of nitrogens with zero attached hydrogens (tertiary/aromatic N) is 2. The molecule has 0 amide bonds. The molecule has 0 aromatic carbocycles. The van der Waals surface area contributed by atoms with Crippen LogP contribution in [-0.4, -0.2) is 20.7 Å². The van der Waals surface area contributed by atoms with Crippen molar-refractivity contribution in [1.82, 2.24) is 9.97 Å². The molecule has 15 heavy (non-hydrogen) atoms. The third-order valence-electron chi connectivity index (χ3n) is 1.75. The van der Waals surface area contributed by atoms with Gasteiger partial charge in [-0.15, -0.1) is 11.3 Å². The van der Waals surface area contributed by atoms with Gasteiger partial charge in [0.05, 0.1) is 0 Å². The van der Waals surface area contributed by atoms with Crippen molar-refractivity contribution < 1.29 is 5.11 Å². The molecule has 2 aromatic heterocycles. The van der Waals surface area contributed by atoms with E-state index in [9.17, 15) is 5.11 Å². The molecule has 0 aliphatic carbocycles. The lowest BCUT2D eigenvalue weighted by atomic mass is 10.1. The van der Waals surface area contributed by atoms with Gasteiger partial charge in [-0.05, 0) is 31.2 Å². The van der Waals surface area contributed by atoms with E-state index in [-0.39, 0.29) is 0 Å². The number of thiophene rings is 1. The van der Waals surface area contributed by atoms with Gasteiger partial charge in [0.2, 0.25) is 0 Å². The zero-order valence-electron chi connectivity index (χ0n) is 8.48. The van der Waals surface area contributed by atoms with Crippen molar-refractivity contribution in [3.8, 4) is 11.8 Å². The molecule has 3 nitrogen and oxygen atoms in total. The molecule has 0 unspecified atom stereocenters. The van der Waals surface area contributed by atoms with Crippen molar-refractivity contribution in [1.29, 1.82) is 0 Å². The molecule has 0 aliphatic rings. The molecule has 0 fully saturated rings. The summed E-state index contributed by atoms with van der Waals surface area (Å²) in [5, 5.41) is 12.4. The normalized spacial score (nSPS) is 11.1. The van der Waals surface area contributed by atoms with Crippen molar-refractivity contribution in [2.45, 2.75) is 19.4 Å². The molecule has 0 radical (unpaired) electrons. The Hall–Kier alpha value is -1.44. The van der Waals surface area contributed by atoms with E-state index in [0.717, 1.165) is 10.2 Å². The monoisotopic (exact) mass is 218 g/mol. The van der Waals surface area contributed by atoms with E-state index < -0.39 is 5.60 Å². The van der Waals surface area contributed by atoms with Crippen LogP contribution in [0.2, 0.25) is 0 Å². The fourth-order valence-electron chi connectivity index (χ4n) is 1.10. The smallest absolute Gasteiger partial charge is 0.127 e. The first-order chi connectivity index (χ1) is 7.06. The van der Waals surface area contributed by atoms with Gasteiger partial charge in [-0.25, -0.2) is 9.97 Å². The molecule has 0 bridgehead atoms. The predicted octanol–water partition coefficient (Wildman–Crippen LogP) is 1.81. The third kappa shape index (κ3) is 2.32. The zero-order valence-corrected chi connectivity index (χ0v) is 9.30. The van der Waals surface area contributed by atoms with Gasteiger partial charge in [0.15, 0.2) is 0 Å². The van der Waals surface area contributed by atoms with Crippen molar-refractivity contribution in [3.63, 3.8) is 0 Å². The van der Waals surface area contributed by atoms with Crippen molar-refractivity contribution in [2.75, 3.05) is 0 Å². The van der Waals surface area contributed by atoms with Crippen molar-refractivity contribution in [2.24, 2.45) is 0 Å². The number of aliphatic hydroxyl groups is 1. The number of hydrogen-bond acceptors (Lipinski definition) is 4. The first-order valence-corrected chi connectivity index (χ1v) is 5.38. The van der Waals surface area contributed by atoms with E-state index >= 15 is 0 Å². The molecule has 1 N–H and O–H groups in total. The summed E-state index contributed by atoms with van der Waals surface area (Å²) in [6.07, 6.45) is 1.49. The Kier molecular flexibility index (Phi) is 2.43. The van der Waals surface area contributed by atoms with Crippen molar-refractivity contribution in [3.05, 3.63) is 23.5 Å². The average molecular weight is 218 g/mol. The second-order valence-corrected chi connectivity index (χ2v) is 4.57. The summed E-state index contributed by atoms with van der Waals surface area (Å²) >= 11 is 1.55. The lowest BCUT2D eigenvalue weighted by molar-refractivity contribution is 0.143. The Morgan fingerprint density at radius 3 is 2.93 bits per heavy atom. The Balaban J connectivity index is 2.51. The minimum absolute atomic E-state index is 0.670. The first-order valence-electron chi connectivity index (χ1n) is 4.50. The largest absolute Gasteiger partial charge is 0.378 e. The number of hydrogen-bond donors (Lipinski definition) is 1. The second kappa shape index (κ2) is 3.61. The highest BCUT2D eigenvalue weighted by Crippen LogP contribution is 2.19. The lowest BCUT2D eigenvalue weighted by Crippen LogP contribution is -2.14. The summed E-state index contributed by atoms with van der Waals surface area (Å²) in [7, 11) is 0. The van der Waals surface area contributed by atoms with Gasteiger partial charge < -0.3 is 5.11 Å². The molecule has 0 aliphatic heterocycles. The maximum atomic E-state index is 9.49. The van der Waals surface area contributed by atoms with Crippen LogP contribution < -0.4 is 0 Å². The van der Waals surface area contributed by atoms with Crippen LogP contribution in [0.4, 0.5) is 0 Å². The first kappa shape index (κ1) is 10.1. The zero-order chi connectivity index (χ0) is 10.9. The van der Waals surface area contributed by atoms with Gasteiger partial charge in [-0.1, -0.05) is 5.92 Å². The Morgan fingerprint density at radius 1 is 1.40 bits per heavy atom. The van der Waals surface area contributed by atoms with E-state index in [1.165, 1.54) is 6.33 Å². The quantitative estimate of drug-likeness (QED) is 0.686. The number of fused-ring (bicyclic) bond motifs is 1. The predicted molar refractivity (Wildman–Crippen MR) is 60.6 cm³/mol. The fourth-order valence-corrected chi connectivity index (χ4v) is 1.83. The SMILES string of the molecule is CC(C)(O)C#Cc1ncnc2sccc12. The van der Waals surface area contributed by atoms with Gasteiger partial charge in [-0.2, -0.15) is 0 Å². The maximum Gasteiger partial charge on any atom is 0.127 e. The molecule has 0 spiro atoms. The minimum atomic E-state index is -0.993. The van der Waals surface area contributed by atoms with Crippen LogP contribution in [0.5, 0.6) is 0 Å². The molecule has 0 atom stereocenters. The molecular formula is C11H10N2OS. The van der Waals surface area contributed by atoms with Gasteiger partial charge in [0, 0.05) is 5.39 Å². The van der Waals surface area contributed by atoms with Crippen LogP contribution >= 0.6 is 11.3 Å². The van der Waals surface area contributed by atoms with Crippen LogP contribution in [-0.2, 0) is 0 Å². The summed E-state index contributed by atoms with van der Waals surface area (Å²) in [4.78, 5) is 9.14. The Bertz CT molecular complexity index is 543. The Morgan fingerprint density at radius 2 is 2.20 bits per heavy atom. The van der Waals surface area contributed by atoms with Crippen LogP contribution in [0.1, 0.15) is 19.5 Å². The lowest BCUT2D eigenvalue weighted by Gasteiger charge is -2.05. The summed E-state index contributed by atoms with van der Waals surface area (Å²) in [5.41, 5.74) is -0.323. The average Bonchev–Trinajstić information content (AvgIpc) is 2.61. The van der Waals surface area contributed by atoms with Crippen LogP contribution in [0.3, 0.4) is 0 Å². The molecule has 0 saturated carbocycles. The standard InChI is InChI=1S/C11H10N2OS/c1-11(2,14)5-3-9-8-4-6-15-10(8)13-7-12-9/h4,6-7,14H,1-2H3. The van der Waals surface area contributed by atoms with Gasteiger partial charge in [0.1, 0.15) is 22.5 Å². The highest BCUT2D eigenvalue weighted by atomic mass is 32.1.